The highest BCUT2D eigenvalue weighted by molar-refractivity contribution is 5.82. The number of fused-ring (bicyclic) bond motifs is 1. The normalized spacial score (nSPS) is 26.6. The molecule has 1 aromatic heterocycles. The van der Waals surface area contributed by atoms with E-state index in [2.05, 4.69) is 5.32 Å². The van der Waals surface area contributed by atoms with Gasteiger partial charge in [-0.2, -0.15) is 0 Å². The van der Waals surface area contributed by atoms with Crippen molar-refractivity contribution in [2.24, 2.45) is 5.92 Å². The van der Waals surface area contributed by atoms with Crippen LogP contribution < -0.4 is 15.5 Å². The van der Waals surface area contributed by atoms with E-state index in [1.807, 2.05) is 13.8 Å². The molecule has 214 valence electrons. The average molecular weight is 558 g/mol. The van der Waals surface area contributed by atoms with E-state index in [9.17, 15) is 39.9 Å². The standard InChI is InChI=1S/C28H31NO11/c1-15(2)9-10-29-13-27(36)26(40-23(25(34)35)24(33)28(27,37)14-30)39-18-7-8-19-21(11-18)38-12-20(22(19)32)16-3-5-17(31)6-4-16/h3-8,11-12,14-15,23-24,26,29,31,33,36-37H,9-10,13H2,1-2H3,(H,34,35)/t23-,24+,26+,27+,28-/m0/s1. The predicted molar refractivity (Wildman–Crippen MR) is 141 cm³/mol. The van der Waals surface area contributed by atoms with Gasteiger partial charge in [-0.05, 0) is 48.7 Å². The number of benzene rings is 2. The molecule has 0 amide bonds. The summed E-state index contributed by atoms with van der Waals surface area (Å²) in [4.78, 5) is 36.9. The minimum atomic E-state index is -2.98. The summed E-state index contributed by atoms with van der Waals surface area (Å²) in [5, 5.41) is 55.3. The predicted octanol–water partition coefficient (Wildman–Crippen LogP) is 1.01. The summed E-state index contributed by atoms with van der Waals surface area (Å²) in [6.45, 7) is 3.81. The third-order valence-corrected chi connectivity index (χ3v) is 6.97. The fourth-order valence-electron chi connectivity index (χ4n) is 4.53. The molecule has 4 rings (SSSR count). The molecule has 0 spiro atoms. The van der Waals surface area contributed by atoms with Crippen LogP contribution in [0.25, 0.3) is 22.1 Å². The van der Waals surface area contributed by atoms with Crippen molar-refractivity contribution in [1.29, 1.82) is 0 Å². The van der Waals surface area contributed by atoms with E-state index in [4.69, 9.17) is 13.9 Å². The zero-order valence-corrected chi connectivity index (χ0v) is 21.8. The van der Waals surface area contributed by atoms with Crippen molar-refractivity contribution < 1.29 is 49.0 Å². The van der Waals surface area contributed by atoms with Gasteiger partial charge in [0.1, 0.15) is 29.4 Å². The first kappa shape index (κ1) is 29.2. The van der Waals surface area contributed by atoms with Gasteiger partial charge in [-0.3, -0.25) is 9.59 Å². The molecule has 0 unspecified atom stereocenters. The van der Waals surface area contributed by atoms with Crippen LogP contribution in [-0.4, -0.2) is 80.6 Å². The second kappa shape index (κ2) is 11.4. The number of carbonyl (C=O) groups excluding carboxylic acids is 1. The Hall–Kier alpha value is -3.81. The number of aromatic hydroxyl groups is 1. The lowest BCUT2D eigenvalue weighted by molar-refractivity contribution is -0.334. The molecule has 12 nitrogen and oxygen atoms in total. The highest BCUT2D eigenvalue weighted by atomic mass is 16.7. The second-order valence-electron chi connectivity index (χ2n) is 10.2. The summed E-state index contributed by atoms with van der Waals surface area (Å²) in [5.41, 5.74) is -5.14. The van der Waals surface area contributed by atoms with E-state index in [1.165, 1.54) is 36.6 Å². The van der Waals surface area contributed by atoms with E-state index < -0.39 is 42.2 Å². The van der Waals surface area contributed by atoms with Crippen LogP contribution in [0.15, 0.2) is 57.9 Å². The zero-order valence-electron chi connectivity index (χ0n) is 21.8. The van der Waals surface area contributed by atoms with Gasteiger partial charge in [0.15, 0.2) is 29.0 Å². The molecule has 5 atom stereocenters. The van der Waals surface area contributed by atoms with Gasteiger partial charge in [0, 0.05) is 12.6 Å². The maximum absolute atomic E-state index is 13.1. The first-order valence-corrected chi connectivity index (χ1v) is 12.6. The Morgan fingerprint density at radius 2 is 1.88 bits per heavy atom. The summed E-state index contributed by atoms with van der Waals surface area (Å²) >= 11 is 0. The quantitative estimate of drug-likeness (QED) is 0.153. The maximum Gasteiger partial charge on any atom is 0.335 e. The monoisotopic (exact) mass is 557 g/mol. The van der Waals surface area contributed by atoms with Gasteiger partial charge in [-0.25, -0.2) is 4.79 Å². The lowest BCUT2D eigenvalue weighted by atomic mass is 9.74. The number of aliphatic carboxylic acids is 1. The summed E-state index contributed by atoms with van der Waals surface area (Å²) in [7, 11) is 0. The topological polar surface area (TPSA) is 196 Å². The van der Waals surface area contributed by atoms with E-state index in [0.717, 1.165) is 0 Å². The van der Waals surface area contributed by atoms with Crippen LogP contribution in [0.2, 0.25) is 0 Å². The fraction of sp³-hybridized carbons (Fsp3) is 0.393. The summed E-state index contributed by atoms with van der Waals surface area (Å²) in [6.07, 6.45) is -4.58. The number of nitrogens with one attached hydrogen (secondary N) is 1. The number of hydrogen-bond donors (Lipinski definition) is 6. The van der Waals surface area contributed by atoms with Gasteiger partial charge in [0.05, 0.1) is 10.9 Å². The molecule has 0 bridgehead atoms. The van der Waals surface area contributed by atoms with E-state index in [1.54, 1.807) is 12.1 Å². The molecule has 1 fully saturated rings. The number of carboxylic acids is 1. The number of rotatable bonds is 10. The number of phenols is 1. The van der Waals surface area contributed by atoms with Gasteiger partial charge < -0.3 is 44.7 Å². The van der Waals surface area contributed by atoms with Crippen molar-refractivity contribution in [2.75, 3.05) is 13.1 Å². The van der Waals surface area contributed by atoms with Gasteiger partial charge >= 0.3 is 5.97 Å². The largest absolute Gasteiger partial charge is 0.508 e. The van der Waals surface area contributed by atoms with Gasteiger partial charge in [0.25, 0.3) is 0 Å². The number of aliphatic hydroxyl groups is 3. The zero-order chi connectivity index (χ0) is 29.2. The fourth-order valence-corrected chi connectivity index (χ4v) is 4.53. The number of phenolic OH excluding ortho intramolecular Hbond substituents is 1. The van der Waals surface area contributed by atoms with E-state index in [0.29, 0.717) is 24.4 Å². The van der Waals surface area contributed by atoms with Gasteiger partial charge in [0.2, 0.25) is 6.29 Å². The highest BCUT2D eigenvalue weighted by Crippen LogP contribution is 2.39. The van der Waals surface area contributed by atoms with Crippen LogP contribution in [0, 0.1) is 5.92 Å². The van der Waals surface area contributed by atoms with Crippen molar-refractivity contribution in [1.82, 2.24) is 5.32 Å². The highest BCUT2D eigenvalue weighted by Gasteiger charge is 2.67. The van der Waals surface area contributed by atoms with Crippen LogP contribution in [0.1, 0.15) is 20.3 Å². The lowest BCUT2D eigenvalue weighted by Crippen LogP contribution is -2.79. The minimum absolute atomic E-state index is 0.0369. The average Bonchev–Trinajstić information content (AvgIpc) is 2.92. The number of carbonyl (C=O) groups is 2. The molecule has 12 heteroatoms. The van der Waals surface area contributed by atoms with Crippen molar-refractivity contribution in [3.63, 3.8) is 0 Å². The van der Waals surface area contributed by atoms with Crippen LogP contribution in [0.3, 0.4) is 0 Å². The SMILES string of the molecule is CC(C)CCNC[C@@]1(O)[C@H](Oc2ccc3c(=O)c(-c4ccc(O)cc4)coc3c2)O[C@H](C(=O)O)[C@@H](O)[C@@]1(O)C=O. The van der Waals surface area contributed by atoms with Crippen molar-refractivity contribution in [3.8, 4) is 22.6 Å². The maximum atomic E-state index is 13.1. The first-order chi connectivity index (χ1) is 18.9. The van der Waals surface area contributed by atoms with Crippen molar-refractivity contribution in [3.05, 3.63) is 59.0 Å². The number of ether oxygens (including phenoxy) is 2. The molecule has 40 heavy (non-hydrogen) atoms. The Morgan fingerprint density at radius 3 is 2.50 bits per heavy atom. The molecule has 1 saturated heterocycles. The van der Waals surface area contributed by atoms with Crippen LogP contribution in [0.5, 0.6) is 11.5 Å². The Bertz CT molecular complexity index is 1440. The Kier molecular flexibility index (Phi) is 8.28. The number of aldehydes is 1. The third-order valence-electron chi connectivity index (χ3n) is 6.97. The molecule has 1 aliphatic rings. The molecule has 1 aliphatic heterocycles. The van der Waals surface area contributed by atoms with Crippen LogP contribution in [-0.2, 0) is 14.3 Å². The molecular formula is C28H31NO11. The smallest absolute Gasteiger partial charge is 0.335 e. The molecular weight excluding hydrogens is 526 g/mol. The van der Waals surface area contributed by atoms with Crippen LogP contribution in [0.4, 0.5) is 0 Å². The molecule has 0 radical (unpaired) electrons. The van der Waals surface area contributed by atoms with E-state index >= 15 is 0 Å². The second-order valence-corrected chi connectivity index (χ2v) is 10.2. The summed E-state index contributed by atoms with van der Waals surface area (Å²) in [6, 6.07) is 10.0. The number of carboxylic acid groups (broad SMARTS) is 1. The number of aliphatic hydroxyl groups excluding tert-OH is 1. The van der Waals surface area contributed by atoms with Gasteiger partial charge in [-0.1, -0.05) is 26.0 Å². The first-order valence-electron chi connectivity index (χ1n) is 12.6. The van der Waals surface area contributed by atoms with Crippen LogP contribution >= 0.6 is 0 Å². The molecule has 0 aliphatic carbocycles. The molecule has 2 heterocycles. The van der Waals surface area contributed by atoms with E-state index in [-0.39, 0.29) is 39.7 Å². The Morgan fingerprint density at radius 1 is 1.18 bits per heavy atom. The lowest BCUT2D eigenvalue weighted by Gasteiger charge is -2.51. The van der Waals surface area contributed by atoms with Crippen molar-refractivity contribution in [2.45, 2.75) is 50.0 Å². The molecule has 3 aromatic rings. The molecule has 0 saturated carbocycles. The third kappa shape index (κ3) is 5.31. The molecule has 6 N–H and O–H groups in total. The Balaban J connectivity index is 1.69. The Labute approximate surface area is 228 Å². The summed E-state index contributed by atoms with van der Waals surface area (Å²) in [5.74, 6) is -1.41. The van der Waals surface area contributed by atoms with Gasteiger partial charge in [-0.15, -0.1) is 0 Å². The minimum Gasteiger partial charge on any atom is -0.508 e. The molecule has 2 aromatic carbocycles. The summed E-state index contributed by atoms with van der Waals surface area (Å²) < 4.78 is 16.8. The van der Waals surface area contributed by atoms with Crippen molar-refractivity contribution >= 4 is 23.2 Å². The number of hydrogen-bond acceptors (Lipinski definition) is 11.